The number of hydrogen-bond acceptors (Lipinski definition) is 6. The number of carbonyl (C=O) groups is 1. The number of hydrogen-bond donors (Lipinski definition) is 1. The van der Waals surface area contributed by atoms with Crippen LogP contribution in [0.1, 0.15) is 30.0 Å². The van der Waals surface area contributed by atoms with E-state index in [1.54, 1.807) is 49.2 Å². The van der Waals surface area contributed by atoms with Crippen molar-refractivity contribution in [2.75, 3.05) is 6.26 Å². The Morgan fingerprint density at radius 1 is 1.18 bits per heavy atom. The smallest absolute Gasteiger partial charge is 0.355 e. The second kappa shape index (κ2) is 9.81. The molecule has 0 amide bonds. The van der Waals surface area contributed by atoms with Crippen LogP contribution in [-0.2, 0) is 10.8 Å². The third kappa shape index (κ3) is 4.84. The van der Waals surface area contributed by atoms with Crippen LogP contribution in [0.3, 0.4) is 0 Å². The molecule has 0 radical (unpaired) electrons. The highest BCUT2D eigenvalue weighted by atomic mass is 32.2. The van der Waals surface area contributed by atoms with Crippen LogP contribution in [-0.4, -0.2) is 41.6 Å². The Balaban J connectivity index is 1.89. The van der Waals surface area contributed by atoms with Crippen LogP contribution < -0.4 is 0 Å². The number of aromatic nitrogens is 3. The van der Waals surface area contributed by atoms with Crippen molar-refractivity contribution in [3.8, 4) is 27.5 Å². The number of carboxylic acids is 1. The summed E-state index contributed by atoms with van der Waals surface area (Å²) in [6, 6.07) is 13.2. The number of aryl methyl sites for hydroxylation is 1. The van der Waals surface area contributed by atoms with E-state index in [0.717, 1.165) is 9.77 Å². The van der Waals surface area contributed by atoms with Crippen molar-refractivity contribution in [2.24, 2.45) is 0 Å². The van der Waals surface area contributed by atoms with E-state index < -0.39 is 22.6 Å². The Bertz CT molecular complexity index is 1390. The number of thiazole rings is 1. The van der Waals surface area contributed by atoms with E-state index in [4.69, 9.17) is 4.98 Å². The summed E-state index contributed by atoms with van der Waals surface area (Å²) in [6.07, 6.45) is 1.62. The molecule has 1 atom stereocenters. The lowest BCUT2D eigenvalue weighted by molar-refractivity contribution is 0.0688. The molecule has 0 fully saturated rings. The van der Waals surface area contributed by atoms with E-state index in [2.05, 4.69) is 18.9 Å². The number of halogens is 1. The Hall–Kier alpha value is -2.82. The lowest BCUT2D eigenvalue weighted by atomic mass is 10.0. The van der Waals surface area contributed by atoms with E-state index in [0.29, 0.717) is 32.5 Å². The molecule has 0 aliphatic carbocycles. The number of aromatic carboxylic acids is 1. The van der Waals surface area contributed by atoms with Crippen LogP contribution in [0.15, 0.2) is 57.6 Å². The standard InChI is InChI=1S/C24H22FN3O3S3/c1-13(2)32-23-20(15-8-10-18(11-9-15)34(4)31)26-24(33-23)28-21(22(29)30)19(14(3)27-28)16-6-5-7-17(25)12-16/h5-13H,1-4H3,(H,29,30). The van der Waals surface area contributed by atoms with Crippen molar-refractivity contribution < 1.29 is 18.5 Å². The molecular formula is C24H22FN3O3S3. The summed E-state index contributed by atoms with van der Waals surface area (Å²) in [5.41, 5.74) is 2.75. The molecule has 6 nitrogen and oxygen atoms in total. The fourth-order valence-electron chi connectivity index (χ4n) is 3.52. The SMILES string of the molecule is Cc1nn(-c2nc(-c3ccc(S(C)=O)cc3)c(SC(C)C)s2)c(C(=O)O)c1-c1cccc(F)c1. The van der Waals surface area contributed by atoms with Crippen molar-refractivity contribution in [1.82, 2.24) is 14.8 Å². The van der Waals surface area contributed by atoms with Gasteiger partial charge in [0.25, 0.3) is 0 Å². The second-order valence-electron chi connectivity index (χ2n) is 7.81. The Morgan fingerprint density at radius 2 is 1.88 bits per heavy atom. The minimum atomic E-state index is -1.18. The van der Waals surface area contributed by atoms with E-state index in [-0.39, 0.29) is 10.9 Å². The van der Waals surface area contributed by atoms with Crippen molar-refractivity contribution in [3.63, 3.8) is 0 Å². The molecule has 1 N–H and O–H groups in total. The molecule has 0 aliphatic rings. The first-order valence-electron chi connectivity index (χ1n) is 10.4. The quantitative estimate of drug-likeness (QED) is 0.302. The van der Waals surface area contributed by atoms with Crippen LogP contribution in [0.4, 0.5) is 4.39 Å². The third-order valence-electron chi connectivity index (χ3n) is 4.94. The zero-order valence-corrected chi connectivity index (χ0v) is 21.4. The highest BCUT2D eigenvalue weighted by Crippen LogP contribution is 2.41. The van der Waals surface area contributed by atoms with Crippen molar-refractivity contribution >= 4 is 39.9 Å². The molecule has 176 valence electrons. The monoisotopic (exact) mass is 515 g/mol. The molecule has 0 spiro atoms. The summed E-state index contributed by atoms with van der Waals surface area (Å²) in [6.45, 7) is 5.84. The first-order valence-corrected chi connectivity index (χ1v) is 13.6. The van der Waals surface area contributed by atoms with Gasteiger partial charge in [0, 0.05) is 38.3 Å². The summed E-state index contributed by atoms with van der Waals surface area (Å²) in [7, 11) is -1.09. The van der Waals surface area contributed by atoms with Gasteiger partial charge in [0.15, 0.2) is 5.69 Å². The van der Waals surface area contributed by atoms with Gasteiger partial charge < -0.3 is 5.11 Å². The molecule has 1 unspecified atom stereocenters. The van der Waals surface area contributed by atoms with Crippen LogP contribution in [0.5, 0.6) is 0 Å². The Kier molecular flexibility index (Phi) is 7.01. The molecule has 0 bridgehead atoms. The fourth-order valence-corrected chi connectivity index (χ4v) is 6.52. The normalized spacial score (nSPS) is 12.3. The average molecular weight is 516 g/mol. The maximum Gasteiger partial charge on any atom is 0.355 e. The molecule has 4 rings (SSSR count). The average Bonchev–Trinajstić information content (AvgIpc) is 3.34. The summed E-state index contributed by atoms with van der Waals surface area (Å²) < 4.78 is 27.9. The van der Waals surface area contributed by atoms with Crippen LogP contribution >= 0.6 is 23.1 Å². The number of nitrogens with zero attached hydrogens (tertiary/aromatic N) is 3. The molecular weight excluding hydrogens is 493 g/mol. The Morgan fingerprint density at radius 3 is 2.47 bits per heavy atom. The first-order chi connectivity index (χ1) is 16.2. The van der Waals surface area contributed by atoms with Gasteiger partial charge >= 0.3 is 5.97 Å². The van der Waals surface area contributed by atoms with Gasteiger partial charge in [-0.25, -0.2) is 14.2 Å². The number of carboxylic acid groups (broad SMARTS) is 1. The minimum Gasteiger partial charge on any atom is -0.476 e. The molecule has 2 aromatic carbocycles. The van der Waals surface area contributed by atoms with Gasteiger partial charge in [-0.1, -0.05) is 49.4 Å². The lowest BCUT2D eigenvalue weighted by Crippen LogP contribution is -2.09. The van der Waals surface area contributed by atoms with E-state index in [1.807, 2.05) is 12.1 Å². The van der Waals surface area contributed by atoms with E-state index >= 15 is 0 Å². The molecule has 0 aliphatic heterocycles. The molecule has 2 aromatic heterocycles. The van der Waals surface area contributed by atoms with Gasteiger partial charge in [0.1, 0.15) is 5.82 Å². The summed E-state index contributed by atoms with van der Waals surface area (Å²) in [4.78, 5) is 17.8. The zero-order chi connectivity index (χ0) is 24.6. The fraction of sp³-hybridized carbons (Fsp3) is 0.208. The summed E-state index contributed by atoms with van der Waals surface area (Å²) in [5.74, 6) is -1.63. The first kappa shape index (κ1) is 24.3. The highest BCUT2D eigenvalue weighted by Gasteiger charge is 2.27. The number of rotatable bonds is 7. The number of thioether (sulfide) groups is 1. The predicted octanol–water partition coefficient (Wildman–Crippen LogP) is 6.05. The summed E-state index contributed by atoms with van der Waals surface area (Å²) in [5, 5.41) is 15.2. The van der Waals surface area contributed by atoms with Gasteiger partial charge in [0.05, 0.1) is 15.6 Å². The minimum absolute atomic E-state index is 0.0683. The molecule has 0 saturated carbocycles. The van der Waals surface area contributed by atoms with Gasteiger partial charge in [-0.3, -0.25) is 4.21 Å². The maximum absolute atomic E-state index is 13.9. The maximum atomic E-state index is 13.9. The topological polar surface area (TPSA) is 85.1 Å². The molecule has 4 aromatic rings. The molecule has 2 heterocycles. The largest absolute Gasteiger partial charge is 0.476 e. The van der Waals surface area contributed by atoms with Crippen molar-refractivity contribution in [1.29, 1.82) is 0 Å². The van der Waals surface area contributed by atoms with Crippen LogP contribution in [0, 0.1) is 12.7 Å². The molecule has 0 saturated heterocycles. The van der Waals surface area contributed by atoms with Gasteiger partial charge in [-0.2, -0.15) is 9.78 Å². The second-order valence-corrected chi connectivity index (χ2v) is 12.0. The summed E-state index contributed by atoms with van der Waals surface area (Å²) >= 11 is 2.98. The molecule has 10 heteroatoms. The van der Waals surface area contributed by atoms with Gasteiger partial charge in [0.2, 0.25) is 5.13 Å². The third-order valence-corrected chi connectivity index (χ3v) is 8.12. The highest BCUT2D eigenvalue weighted by molar-refractivity contribution is 8.01. The Labute approximate surface area is 207 Å². The predicted molar refractivity (Wildman–Crippen MR) is 135 cm³/mol. The van der Waals surface area contributed by atoms with Gasteiger partial charge in [-0.05, 0) is 36.8 Å². The molecule has 34 heavy (non-hydrogen) atoms. The van der Waals surface area contributed by atoms with Crippen molar-refractivity contribution in [3.05, 3.63) is 65.7 Å². The van der Waals surface area contributed by atoms with Gasteiger partial charge in [-0.15, -0.1) is 11.8 Å². The van der Waals surface area contributed by atoms with Crippen LogP contribution in [0.2, 0.25) is 0 Å². The number of benzene rings is 2. The van der Waals surface area contributed by atoms with Crippen LogP contribution in [0.25, 0.3) is 27.5 Å². The van der Waals surface area contributed by atoms with E-state index in [9.17, 15) is 18.5 Å². The van der Waals surface area contributed by atoms with Crippen molar-refractivity contribution in [2.45, 2.75) is 35.1 Å². The zero-order valence-electron chi connectivity index (χ0n) is 18.9. The van der Waals surface area contributed by atoms with E-state index in [1.165, 1.54) is 28.2 Å². The lowest BCUT2D eigenvalue weighted by Gasteiger charge is -2.05.